The van der Waals surface area contributed by atoms with Gasteiger partial charge in [0, 0.05) is 5.92 Å². The average Bonchev–Trinajstić information content (AvgIpc) is 3.37. The summed E-state index contributed by atoms with van der Waals surface area (Å²) < 4.78 is 6.33. The van der Waals surface area contributed by atoms with Crippen molar-refractivity contribution in [3.8, 4) is 5.75 Å². The molecule has 4 atom stereocenters. The van der Waals surface area contributed by atoms with Gasteiger partial charge in [0.05, 0.1) is 30.2 Å². The van der Waals surface area contributed by atoms with Crippen LogP contribution in [0, 0.1) is 23.7 Å². The minimum Gasteiger partial charge on any atom is -0.508 e. The number of hydrogen-bond donors (Lipinski definition) is 1. The van der Waals surface area contributed by atoms with Gasteiger partial charge in [0.1, 0.15) is 5.75 Å². The van der Waals surface area contributed by atoms with Crippen LogP contribution in [0.25, 0.3) is 6.08 Å². The number of benzene rings is 2. The molecule has 2 aromatic carbocycles. The molecule has 0 bridgehead atoms. The van der Waals surface area contributed by atoms with Gasteiger partial charge in [-0.05, 0) is 67.5 Å². The maximum absolute atomic E-state index is 13.6. The Labute approximate surface area is 207 Å². The van der Waals surface area contributed by atoms with Crippen molar-refractivity contribution in [2.24, 2.45) is 23.7 Å². The number of rotatable bonds is 6. The van der Waals surface area contributed by atoms with Crippen LogP contribution >= 0.6 is 0 Å². The largest absolute Gasteiger partial charge is 0.508 e. The molecule has 2 aromatic rings. The van der Waals surface area contributed by atoms with E-state index in [1.807, 2.05) is 42.5 Å². The number of hydrogen-bond acceptors (Lipinski definition) is 4. The zero-order valence-electron chi connectivity index (χ0n) is 20.6. The molecule has 0 saturated carbocycles. The van der Waals surface area contributed by atoms with E-state index in [0.717, 1.165) is 18.4 Å². The van der Waals surface area contributed by atoms with Gasteiger partial charge in [-0.25, -0.2) is 0 Å². The SMILES string of the molecule is C/C(=C\c1ccc(O)cc1)CC[C@H]1OC[C@H]2C1=C(C(C)C)C[C@H]1C(=O)N(c3ccccc3)C(=O)[C@H]12. The fourth-order valence-corrected chi connectivity index (χ4v) is 6.08. The van der Waals surface area contributed by atoms with Gasteiger partial charge in [0.2, 0.25) is 11.8 Å². The van der Waals surface area contributed by atoms with E-state index < -0.39 is 0 Å². The fraction of sp³-hybridized carbons (Fsp3) is 0.400. The summed E-state index contributed by atoms with van der Waals surface area (Å²) in [6.45, 7) is 6.98. The Morgan fingerprint density at radius 3 is 2.46 bits per heavy atom. The third-order valence-electron chi connectivity index (χ3n) is 7.76. The van der Waals surface area contributed by atoms with Crippen molar-refractivity contribution >= 4 is 23.6 Å². The van der Waals surface area contributed by atoms with Gasteiger partial charge in [0.25, 0.3) is 0 Å². The van der Waals surface area contributed by atoms with Crippen LogP contribution in [0.1, 0.15) is 45.6 Å². The summed E-state index contributed by atoms with van der Waals surface area (Å²) >= 11 is 0. The highest BCUT2D eigenvalue weighted by Crippen LogP contribution is 2.51. The number of nitrogens with zero attached hydrogens (tertiary/aromatic N) is 1. The van der Waals surface area contributed by atoms with Crippen LogP contribution in [-0.4, -0.2) is 29.6 Å². The lowest BCUT2D eigenvalue weighted by Crippen LogP contribution is -2.35. The number of carbonyl (C=O) groups excluding carboxylic acids is 2. The Bertz CT molecular complexity index is 1180. The van der Waals surface area contributed by atoms with Crippen LogP contribution in [0.15, 0.2) is 71.3 Å². The average molecular weight is 472 g/mol. The van der Waals surface area contributed by atoms with Gasteiger partial charge in [-0.1, -0.05) is 61.4 Å². The Balaban J connectivity index is 1.38. The molecule has 35 heavy (non-hydrogen) atoms. The lowest BCUT2D eigenvalue weighted by molar-refractivity contribution is -0.122. The summed E-state index contributed by atoms with van der Waals surface area (Å²) in [5, 5.41) is 9.51. The molecular formula is C30H33NO4. The molecule has 2 heterocycles. The first-order chi connectivity index (χ1) is 16.8. The molecule has 0 unspecified atom stereocenters. The number of para-hydroxylation sites is 1. The van der Waals surface area contributed by atoms with E-state index >= 15 is 0 Å². The number of phenolic OH excluding ortho intramolecular Hbond substituents is 1. The first-order valence-electron chi connectivity index (χ1n) is 12.6. The molecule has 2 aliphatic heterocycles. The van der Waals surface area contributed by atoms with Gasteiger partial charge in [-0.3, -0.25) is 14.5 Å². The minimum absolute atomic E-state index is 0.0183. The van der Waals surface area contributed by atoms with Gasteiger partial charge in [0.15, 0.2) is 0 Å². The summed E-state index contributed by atoms with van der Waals surface area (Å²) in [4.78, 5) is 28.4. The third-order valence-corrected chi connectivity index (χ3v) is 7.76. The number of anilines is 1. The molecule has 2 amide bonds. The van der Waals surface area contributed by atoms with Crippen molar-refractivity contribution in [3.05, 3.63) is 76.9 Å². The molecule has 2 fully saturated rings. The second kappa shape index (κ2) is 9.46. The number of aromatic hydroxyl groups is 1. The van der Waals surface area contributed by atoms with E-state index in [0.29, 0.717) is 24.6 Å². The third kappa shape index (κ3) is 4.34. The number of imide groups is 1. The predicted octanol–water partition coefficient (Wildman–Crippen LogP) is 5.75. The summed E-state index contributed by atoms with van der Waals surface area (Å²) in [5.74, 6) is -0.239. The standard InChI is InChI=1S/C30H33NO4/c1-18(2)23-16-24-28(30(34)31(29(24)33)21-7-5-4-6-8-21)25-17-35-26(27(23)25)14-9-19(3)15-20-10-12-22(32)13-11-20/h4-8,10-13,15,18,24-26,28,32H,9,14,16-17H2,1-3H3/b19-15+/t24-,25+,26-,28-/m1/s1. The molecular weight excluding hydrogens is 438 g/mol. The van der Waals surface area contributed by atoms with Gasteiger partial charge in [-0.15, -0.1) is 0 Å². The highest BCUT2D eigenvalue weighted by Gasteiger charge is 2.57. The summed E-state index contributed by atoms with van der Waals surface area (Å²) in [6, 6.07) is 16.5. The lowest BCUT2D eigenvalue weighted by atomic mass is 9.67. The van der Waals surface area contributed by atoms with Crippen molar-refractivity contribution in [1.82, 2.24) is 0 Å². The minimum atomic E-state index is -0.334. The molecule has 2 saturated heterocycles. The highest BCUT2D eigenvalue weighted by atomic mass is 16.5. The number of amides is 2. The van der Waals surface area contributed by atoms with Gasteiger partial charge >= 0.3 is 0 Å². The van der Waals surface area contributed by atoms with Crippen LogP contribution in [0.5, 0.6) is 5.75 Å². The van der Waals surface area contributed by atoms with Crippen molar-refractivity contribution in [2.45, 2.75) is 46.1 Å². The van der Waals surface area contributed by atoms with E-state index in [2.05, 4.69) is 26.8 Å². The number of fused-ring (bicyclic) bond motifs is 3. The van der Waals surface area contributed by atoms with E-state index in [4.69, 9.17) is 4.74 Å². The second-order valence-corrected chi connectivity index (χ2v) is 10.4. The van der Waals surface area contributed by atoms with Crippen LogP contribution in [0.3, 0.4) is 0 Å². The van der Waals surface area contributed by atoms with E-state index in [1.54, 1.807) is 12.1 Å². The van der Waals surface area contributed by atoms with Crippen molar-refractivity contribution < 1.29 is 19.4 Å². The summed E-state index contributed by atoms with van der Waals surface area (Å²) in [5.41, 5.74) is 5.54. The van der Waals surface area contributed by atoms with E-state index in [1.165, 1.54) is 21.6 Å². The zero-order valence-corrected chi connectivity index (χ0v) is 20.6. The zero-order chi connectivity index (χ0) is 24.7. The smallest absolute Gasteiger partial charge is 0.238 e. The Morgan fingerprint density at radius 2 is 1.77 bits per heavy atom. The van der Waals surface area contributed by atoms with Gasteiger partial charge < -0.3 is 9.84 Å². The Hall–Kier alpha value is -3.18. The predicted molar refractivity (Wildman–Crippen MR) is 137 cm³/mol. The second-order valence-electron chi connectivity index (χ2n) is 10.4. The number of ether oxygens (including phenoxy) is 1. The molecule has 1 N–H and O–H groups in total. The van der Waals surface area contributed by atoms with Gasteiger partial charge in [-0.2, -0.15) is 0 Å². The first kappa shape index (κ1) is 23.6. The summed E-state index contributed by atoms with van der Waals surface area (Å²) in [7, 11) is 0. The fourth-order valence-electron chi connectivity index (χ4n) is 6.08. The van der Waals surface area contributed by atoms with Crippen LogP contribution in [-0.2, 0) is 14.3 Å². The van der Waals surface area contributed by atoms with Crippen LogP contribution in [0.4, 0.5) is 5.69 Å². The molecule has 5 nitrogen and oxygen atoms in total. The number of carbonyl (C=O) groups is 2. The van der Waals surface area contributed by atoms with Crippen molar-refractivity contribution in [1.29, 1.82) is 0 Å². The lowest BCUT2D eigenvalue weighted by Gasteiger charge is -2.33. The molecule has 0 spiro atoms. The maximum Gasteiger partial charge on any atom is 0.238 e. The molecule has 1 aliphatic carbocycles. The number of allylic oxidation sites excluding steroid dienone is 2. The molecule has 0 aromatic heterocycles. The Kier molecular flexibility index (Phi) is 6.37. The molecule has 0 radical (unpaired) electrons. The van der Waals surface area contributed by atoms with Crippen molar-refractivity contribution in [2.75, 3.05) is 11.5 Å². The normalized spacial score (nSPS) is 26.5. The summed E-state index contributed by atoms with van der Waals surface area (Å²) in [6.07, 6.45) is 4.49. The first-order valence-corrected chi connectivity index (χ1v) is 12.6. The maximum atomic E-state index is 13.6. The Morgan fingerprint density at radius 1 is 1.06 bits per heavy atom. The van der Waals surface area contributed by atoms with E-state index in [-0.39, 0.29) is 41.4 Å². The molecule has 3 aliphatic rings. The monoisotopic (exact) mass is 471 g/mol. The van der Waals surface area contributed by atoms with E-state index in [9.17, 15) is 14.7 Å². The quantitative estimate of drug-likeness (QED) is 0.430. The molecule has 5 rings (SSSR count). The van der Waals surface area contributed by atoms with Crippen LogP contribution in [0.2, 0.25) is 0 Å². The highest BCUT2D eigenvalue weighted by molar-refractivity contribution is 6.22. The molecule has 182 valence electrons. The molecule has 5 heteroatoms. The number of phenols is 1. The topological polar surface area (TPSA) is 66.8 Å². The van der Waals surface area contributed by atoms with Crippen LogP contribution < -0.4 is 4.90 Å². The van der Waals surface area contributed by atoms with Crippen molar-refractivity contribution in [3.63, 3.8) is 0 Å².